The van der Waals surface area contributed by atoms with Gasteiger partial charge in [-0.05, 0) is 36.4 Å². The summed E-state index contributed by atoms with van der Waals surface area (Å²) in [7, 11) is 7.35. The van der Waals surface area contributed by atoms with Gasteiger partial charge in [-0.2, -0.15) is 0 Å². The lowest BCUT2D eigenvalue weighted by Gasteiger charge is -2.24. The molecule has 7 heteroatoms. The van der Waals surface area contributed by atoms with Crippen LogP contribution in [0.5, 0.6) is 5.75 Å². The minimum Gasteiger partial charge on any atom is -0.497 e. The molecule has 162 valence electrons. The summed E-state index contributed by atoms with van der Waals surface area (Å²) in [6, 6.07) is 15.3. The predicted molar refractivity (Wildman–Crippen MR) is 121 cm³/mol. The highest BCUT2D eigenvalue weighted by atomic mass is 16.5. The zero-order valence-electron chi connectivity index (χ0n) is 18.5. The molecule has 30 heavy (non-hydrogen) atoms. The number of carbonyl (C=O) groups excluding carboxylic acids is 2. The first-order valence-corrected chi connectivity index (χ1v) is 9.98. The number of rotatable bonds is 10. The van der Waals surface area contributed by atoms with Crippen LogP contribution in [0.2, 0.25) is 0 Å². The number of hydrogen-bond acceptors (Lipinski definition) is 5. The highest BCUT2D eigenvalue weighted by Gasteiger charge is 2.16. The van der Waals surface area contributed by atoms with Crippen LogP contribution in [0.15, 0.2) is 48.5 Å². The van der Waals surface area contributed by atoms with Crippen LogP contribution in [0.1, 0.15) is 12.5 Å². The van der Waals surface area contributed by atoms with Crippen LogP contribution >= 0.6 is 0 Å². The van der Waals surface area contributed by atoms with Crippen molar-refractivity contribution in [2.45, 2.75) is 13.5 Å². The molecule has 0 aromatic heterocycles. The van der Waals surface area contributed by atoms with Crippen molar-refractivity contribution >= 4 is 23.2 Å². The van der Waals surface area contributed by atoms with Gasteiger partial charge in [0, 0.05) is 45.1 Å². The maximum Gasteiger partial charge on any atom is 0.238 e. The molecule has 7 nitrogen and oxygen atoms in total. The molecule has 1 N–H and O–H groups in total. The lowest BCUT2D eigenvalue weighted by molar-refractivity contribution is -0.132. The molecule has 0 aliphatic heterocycles. The number of anilines is 2. The summed E-state index contributed by atoms with van der Waals surface area (Å²) in [5.41, 5.74) is 2.85. The number of amides is 2. The molecule has 2 rings (SSSR count). The number of ether oxygens (including phenoxy) is 1. The summed E-state index contributed by atoms with van der Waals surface area (Å²) in [6.45, 7) is 3.40. The van der Waals surface area contributed by atoms with Gasteiger partial charge in [-0.15, -0.1) is 0 Å². The molecule has 2 aromatic carbocycles. The minimum atomic E-state index is -0.167. The van der Waals surface area contributed by atoms with Gasteiger partial charge in [0.15, 0.2) is 0 Å². The molecule has 2 amide bonds. The largest absolute Gasteiger partial charge is 0.497 e. The van der Waals surface area contributed by atoms with Gasteiger partial charge in [0.25, 0.3) is 0 Å². The van der Waals surface area contributed by atoms with Gasteiger partial charge >= 0.3 is 0 Å². The minimum absolute atomic E-state index is 0.0253. The number of likely N-dealkylation sites (N-methyl/N-ethyl adjacent to an activating group) is 2. The highest BCUT2D eigenvalue weighted by molar-refractivity contribution is 5.92. The predicted octanol–water partition coefficient (Wildman–Crippen LogP) is 2.68. The fourth-order valence-electron chi connectivity index (χ4n) is 2.96. The zero-order valence-corrected chi connectivity index (χ0v) is 18.5. The zero-order chi connectivity index (χ0) is 22.1. The molecule has 0 heterocycles. The van der Waals surface area contributed by atoms with Crippen molar-refractivity contribution in [2.75, 3.05) is 58.1 Å². The fraction of sp³-hybridized carbons (Fsp3) is 0.391. The molecule has 0 bridgehead atoms. The van der Waals surface area contributed by atoms with Gasteiger partial charge in [0.05, 0.1) is 20.2 Å². The van der Waals surface area contributed by atoms with Gasteiger partial charge in [-0.1, -0.05) is 25.1 Å². The van der Waals surface area contributed by atoms with Crippen molar-refractivity contribution in [1.29, 1.82) is 0 Å². The van der Waals surface area contributed by atoms with E-state index in [2.05, 4.69) is 5.32 Å². The van der Waals surface area contributed by atoms with E-state index in [0.29, 0.717) is 24.5 Å². The van der Waals surface area contributed by atoms with E-state index in [1.165, 1.54) is 0 Å². The summed E-state index contributed by atoms with van der Waals surface area (Å²) in [5, 5.41) is 2.85. The van der Waals surface area contributed by atoms with Crippen molar-refractivity contribution in [1.82, 2.24) is 9.80 Å². The lowest BCUT2D eigenvalue weighted by Crippen LogP contribution is -2.41. The summed E-state index contributed by atoms with van der Waals surface area (Å²) < 4.78 is 5.17. The lowest BCUT2D eigenvalue weighted by atomic mass is 10.2. The number of carbonyl (C=O) groups is 2. The maximum absolute atomic E-state index is 12.6. The molecular formula is C23H32N4O3. The maximum atomic E-state index is 12.6. The van der Waals surface area contributed by atoms with Crippen LogP contribution in [-0.2, 0) is 16.1 Å². The third-order valence-corrected chi connectivity index (χ3v) is 4.83. The highest BCUT2D eigenvalue weighted by Crippen LogP contribution is 2.17. The molecule has 0 unspecified atom stereocenters. The van der Waals surface area contributed by atoms with Gasteiger partial charge in [-0.3, -0.25) is 14.5 Å². The number of nitrogens with zero attached hydrogens (tertiary/aromatic N) is 3. The fourth-order valence-corrected chi connectivity index (χ4v) is 2.96. The van der Waals surface area contributed by atoms with Gasteiger partial charge in [-0.25, -0.2) is 0 Å². The van der Waals surface area contributed by atoms with E-state index in [4.69, 9.17) is 4.74 Å². The monoisotopic (exact) mass is 412 g/mol. The Morgan fingerprint density at radius 1 is 1.00 bits per heavy atom. The van der Waals surface area contributed by atoms with Crippen LogP contribution in [0.25, 0.3) is 0 Å². The van der Waals surface area contributed by atoms with Gasteiger partial charge in [0.2, 0.25) is 11.8 Å². The quantitative estimate of drug-likeness (QED) is 0.650. The normalized spacial score (nSPS) is 10.6. The van der Waals surface area contributed by atoms with Crippen LogP contribution in [-0.4, -0.2) is 69.5 Å². The van der Waals surface area contributed by atoms with Gasteiger partial charge < -0.3 is 19.9 Å². The van der Waals surface area contributed by atoms with E-state index < -0.39 is 0 Å². The number of benzene rings is 2. The average Bonchev–Trinajstić information content (AvgIpc) is 2.73. The molecule has 0 fully saturated rings. The summed E-state index contributed by atoms with van der Waals surface area (Å²) in [4.78, 5) is 30.6. The first kappa shape index (κ1) is 23.2. The molecule has 0 saturated carbocycles. The van der Waals surface area contributed by atoms with Crippen molar-refractivity contribution in [3.8, 4) is 5.75 Å². The molecule has 0 atom stereocenters. The molecular weight excluding hydrogens is 380 g/mol. The first-order valence-electron chi connectivity index (χ1n) is 9.98. The summed E-state index contributed by atoms with van der Waals surface area (Å²) in [5.74, 6) is 0.484. The van der Waals surface area contributed by atoms with Gasteiger partial charge in [0.1, 0.15) is 5.75 Å². The van der Waals surface area contributed by atoms with Crippen molar-refractivity contribution in [3.63, 3.8) is 0 Å². The third-order valence-electron chi connectivity index (χ3n) is 4.83. The summed E-state index contributed by atoms with van der Waals surface area (Å²) in [6.07, 6.45) is 0. The molecule has 0 radical (unpaired) electrons. The van der Waals surface area contributed by atoms with Crippen LogP contribution < -0.4 is 15.0 Å². The Labute approximate surface area is 179 Å². The van der Waals surface area contributed by atoms with E-state index in [0.717, 1.165) is 11.3 Å². The third kappa shape index (κ3) is 7.08. The SMILES string of the molecule is CCN(CC(=O)Nc1cccc(OC)c1)CC(=O)N(C)Cc1ccc(N(C)C)cc1. The van der Waals surface area contributed by atoms with E-state index in [-0.39, 0.29) is 24.9 Å². The Morgan fingerprint density at radius 2 is 1.70 bits per heavy atom. The standard InChI is InChI=1S/C23H32N4O3/c1-6-27(16-22(28)24-19-8-7-9-21(14-19)30-5)17-23(29)26(4)15-18-10-12-20(13-11-18)25(2)3/h7-14H,6,15-17H2,1-5H3,(H,24,28). The Bertz CT molecular complexity index is 837. The molecule has 2 aromatic rings. The van der Waals surface area contributed by atoms with Crippen molar-refractivity contribution < 1.29 is 14.3 Å². The summed E-state index contributed by atoms with van der Waals surface area (Å²) >= 11 is 0. The Kier molecular flexibility index (Phi) is 8.68. The first-order chi connectivity index (χ1) is 14.3. The molecule has 0 spiro atoms. The molecule has 0 aliphatic rings. The van der Waals surface area contributed by atoms with E-state index >= 15 is 0 Å². The van der Waals surface area contributed by atoms with E-state index in [9.17, 15) is 9.59 Å². The van der Waals surface area contributed by atoms with E-state index in [1.807, 2.05) is 67.2 Å². The molecule has 0 saturated heterocycles. The second kappa shape index (κ2) is 11.2. The topological polar surface area (TPSA) is 65.1 Å². The Morgan fingerprint density at radius 3 is 2.30 bits per heavy atom. The second-order valence-electron chi connectivity index (χ2n) is 7.39. The Hall–Kier alpha value is -3.06. The van der Waals surface area contributed by atoms with E-state index in [1.54, 1.807) is 31.2 Å². The average molecular weight is 413 g/mol. The smallest absolute Gasteiger partial charge is 0.238 e. The second-order valence-corrected chi connectivity index (χ2v) is 7.39. The van der Waals surface area contributed by atoms with Crippen LogP contribution in [0, 0.1) is 0 Å². The molecule has 0 aliphatic carbocycles. The number of nitrogens with one attached hydrogen (secondary N) is 1. The van der Waals surface area contributed by atoms with Crippen LogP contribution in [0.3, 0.4) is 0 Å². The number of hydrogen-bond donors (Lipinski definition) is 1. The van der Waals surface area contributed by atoms with Crippen molar-refractivity contribution in [3.05, 3.63) is 54.1 Å². The van der Waals surface area contributed by atoms with Crippen molar-refractivity contribution in [2.24, 2.45) is 0 Å². The van der Waals surface area contributed by atoms with Crippen LogP contribution in [0.4, 0.5) is 11.4 Å². The Balaban J connectivity index is 1.87. The number of methoxy groups -OCH3 is 1.